The maximum atomic E-state index is 11.8. The fourth-order valence-electron chi connectivity index (χ4n) is 1.72. The average Bonchev–Trinajstić information content (AvgIpc) is 2.25. The van der Waals surface area contributed by atoms with Crippen molar-refractivity contribution in [2.45, 2.75) is 52.7 Å². The Kier molecular flexibility index (Phi) is 2.91. The molecule has 82 valence electrons. The molecule has 1 atom stereocenters. The first-order valence-corrected chi connectivity index (χ1v) is 5.19. The molecule has 0 radical (unpaired) electrons. The Labute approximate surface area is 86.2 Å². The Hall–Kier alpha value is -0.570. The predicted molar refractivity (Wildman–Crippen MR) is 56.0 cm³/mol. The third-order valence-corrected chi connectivity index (χ3v) is 2.54. The van der Waals surface area contributed by atoms with E-state index < -0.39 is 5.60 Å². The van der Waals surface area contributed by atoms with Crippen molar-refractivity contribution in [3.8, 4) is 0 Å². The molecule has 1 rings (SSSR count). The third-order valence-electron chi connectivity index (χ3n) is 2.54. The van der Waals surface area contributed by atoms with E-state index in [0.29, 0.717) is 0 Å². The summed E-state index contributed by atoms with van der Waals surface area (Å²) in [6.45, 7) is 10.8. The van der Waals surface area contributed by atoms with E-state index in [4.69, 9.17) is 4.74 Å². The van der Waals surface area contributed by atoms with Gasteiger partial charge in [0.1, 0.15) is 11.6 Å². The fourth-order valence-corrected chi connectivity index (χ4v) is 1.72. The summed E-state index contributed by atoms with van der Waals surface area (Å²) in [6, 6.07) is -0.151. The minimum Gasteiger partial charge on any atom is -0.459 e. The van der Waals surface area contributed by atoms with Gasteiger partial charge in [-0.15, -0.1) is 0 Å². The van der Waals surface area contributed by atoms with Crippen LogP contribution in [0.3, 0.4) is 0 Å². The molecule has 14 heavy (non-hydrogen) atoms. The van der Waals surface area contributed by atoms with Crippen LogP contribution in [0.5, 0.6) is 0 Å². The SMILES string of the molecule is CC(C)(C)OC(=O)C1NCCC1(C)C. The molecule has 0 aromatic rings. The first kappa shape index (κ1) is 11.5. The van der Waals surface area contributed by atoms with Crippen LogP contribution in [-0.4, -0.2) is 24.2 Å². The molecule has 0 spiro atoms. The van der Waals surface area contributed by atoms with Gasteiger partial charge in [-0.2, -0.15) is 0 Å². The summed E-state index contributed by atoms with van der Waals surface area (Å²) < 4.78 is 5.36. The molecule has 1 N–H and O–H groups in total. The lowest BCUT2D eigenvalue weighted by Crippen LogP contribution is -2.44. The van der Waals surface area contributed by atoms with Crippen molar-refractivity contribution in [3.63, 3.8) is 0 Å². The smallest absolute Gasteiger partial charge is 0.324 e. The van der Waals surface area contributed by atoms with Crippen LogP contribution in [-0.2, 0) is 9.53 Å². The fraction of sp³-hybridized carbons (Fsp3) is 0.909. The summed E-state index contributed by atoms with van der Waals surface area (Å²) in [4.78, 5) is 11.8. The van der Waals surface area contributed by atoms with Gasteiger partial charge < -0.3 is 10.1 Å². The number of carbonyl (C=O) groups is 1. The zero-order chi connectivity index (χ0) is 11.0. The molecule has 0 aliphatic carbocycles. The molecule has 1 heterocycles. The lowest BCUT2D eigenvalue weighted by molar-refractivity contribution is -0.159. The van der Waals surface area contributed by atoms with Crippen molar-refractivity contribution in [1.82, 2.24) is 5.32 Å². The van der Waals surface area contributed by atoms with E-state index in [-0.39, 0.29) is 17.4 Å². The van der Waals surface area contributed by atoms with Gasteiger partial charge in [0.2, 0.25) is 0 Å². The number of ether oxygens (including phenoxy) is 1. The van der Waals surface area contributed by atoms with Crippen LogP contribution >= 0.6 is 0 Å². The standard InChI is InChI=1S/C11H21NO2/c1-10(2,3)14-9(13)8-11(4,5)6-7-12-8/h8,12H,6-7H2,1-5H3. The van der Waals surface area contributed by atoms with E-state index in [1.54, 1.807) is 0 Å². The largest absolute Gasteiger partial charge is 0.459 e. The Bertz CT molecular complexity index is 228. The van der Waals surface area contributed by atoms with Crippen LogP contribution in [0, 0.1) is 5.41 Å². The van der Waals surface area contributed by atoms with Gasteiger partial charge in [0.15, 0.2) is 0 Å². The molecule has 3 nitrogen and oxygen atoms in total. The average molecular weight is 199 g/mol. The van der Waals surface area contributed by atoms with Crippen LogP contribution in [0.4, 0.5) is 0 Å². The Morgan fingerprint density at radius 2 is 2.00 bits per heavy atom. The summed E-state index contributed by atoms with van der Waals surface area (Å²) >= 11 is 0. The molecule has 0 bridgehead atoms. The highest BCUT2D eigenvalue weighted by atomic mass is 16.6. The summed E-state index contributed by atoms with van der Waals surface area (Å²) in [5.41, 5.74) is -0.375. The zero-order valence-corrected chi connectivity index (χ0v) is 9.81. The highest BCUT2D eigenvalue weighted by molar-refractivity contribution is 5.77. The summed E-state index contributed by atoms with van der Waals surface area (Å²) in [5, 5.41) is 3.19. The summed E-state index contributed by atoms with van der Waals surface area (Å²) in [6.07, 6.45) is 1.02. The van der Waals surface area contributed by atoms with Crippen molar-refractivity contribution in [1.29, 1.82) is 0 Å². The van der Waals surface area contributed by atoms with E-state index in [2.05, 4.69) is 19.2 Å². The molecule has 1 aliphatic heterocycles. The highest BCUT2D eigenvalue weighted by Crippen LogP contribution is 2.31. The van der Waals surface area contributed by atoms with Crippen molar-refractivity contribution < 1.29 is 9.53 Å². The molecule has 0 amide bonds. The van der Waals surface area contributed by atoms with Gasteiger partial charge in [0.05, 0.1) is 0 Å². The quantitative estimate of drug-likeness (QED) is 0.653. The van der Waals surface area contributed by atoms with Crippen LogP contribution in [0.15, 0.2) is 0 Å². The van der Waals surface area contributed by atoms with Gasteiger partial charge in [-0.1, -0.05) is 13.8 Å². The van der Waals surface area contributed by atoms with Gasteiger partial charge in [-0.25, -0.2) is 0 Å². The van der Waals surface area contributed by atoms with E-state index in [9.17, 15) is 4.79 Å². The second kappa shape index (κ2) is 3.54. The summed E-state index contributed by atoms with van der Waals surface area (Å²) in [7, 11) is 0. The normalized spacial score (nSPS) is 26.2. The van der Waals surface area contributed by atoms with Crippen LogP contribution in [0.25, 0.3) is 0 Å². The van der Waals surface area contributed by atoms with E-state index in [1.165, 1.54) is 0 Å². The number of hydrogen-bond acceptors (Lipinski definition) is 3. The Morgan fingerprint density at radius 1 is 1.43 bits per heavy atom. The molecule has 0 aromatic heterocycles. The topological polar surface area (TPSA) is 38.3 Å². The van der Waals surface area contributed by atoms with Gasteiger partial charge in [0.25, 0.3) is 0 Å². The first-order chi connectivity index (χ1) is 6.22. The van der Waals surface area contributed by atoms with Gasteiger partial charge >= 0.3 is 5.97 Å². The molecule has 1 aliphatic rings. The molecule has 1 fully saturated rings. The molecule has 1 unspecified atom stereocenters. The lowest BCUT2D eigenvalue weighted by Gasteiger charge is -2.28. The maximum Gasteiger partial charge on any atom is 0.324 e. The van der Waals surface area contributed by atoms with Gasteiger partial charge in [-0.05, 0) is 39.2 Å². The van der Waals surface area contributed by atoms with E-state index in [0.717, 1.165) is 13.0 Å². The van der Waals surface area contributed by atoms with Gasteiger partial charge in [-0.3, -0.25) is 4.79 Å². The first-order valence-electron chi connectivity index (χ1n) is 5.19. The van der Waals surface area contributed by atoms with E-state index in [1.807, 2.05) is 20.8 Å². The minimum absolute atomic E-state index is 0.0162. The number of hydrogen-bond donors (Lipinski definition) is 1. The van der Waals surface area contributed by atoms with Crippen LogP contribution in [0.2, 0.25) is 0 Å². The number of nitrogens with one attached hydrogen (secondary N) is 1. The molecule has 0 aromatic carbocycles. The van der Waals surface area contributed by atoms with Crippen molar-refractivity contribution in [3.05, 3.63) is 0 Å². The lowest BCUT2D eigenvalue weighted by atomic mass is 9.85. The molecule has 0 saturated carbocycles. The molecular weight excluding hydrogens is 178 g/mol. The van der Waals surface area contributed by atoms with Crippen LogP contribution < -0.4 is 5.32 Å². The molecule has 3 heteroatoms. The predicted octanol–water partition coefficient (Wildman–Crippen LogP) is 1.72. The second-order valence-electron chi connectivity index (χ2n) is 5.66. The van der Waals surface area contributed by atoms with Crippen molar-refractivity contribution in [2.75, 3.05) is 6.54 Å². The van der Waals surface area contributed by atoms with Crippen molar-refractivity contribution in [2.24, 2.45) is 5.41 Å². The maximum absolute atomic E-state index is 11.8. The van der Waals surface area contributed by atoms with E-state index >= 15 is 0 Å². The second-order valence-corrected chi connectivity index (χ2v) is 5.66. The Morgan fingerprint density at radius 3 is 2.36 bits per heavy atom. The monoisotopic (exact) mass is 199 g/mol. The third kappa shape index (κ3) is 2.71. The van der Waals surface area contributed by atoms with Gasteiger partial charge in [0, 0.05) is 0 Å². The highest BCUT2D eigenvalue weighted by Gasteiger charge is 2.41. The Balaban J connectivity index is 2.62. The summed E-state index contributed by atoms with van der Waals surface area (Å²) in [5.74, 6) is -0.125. The van der Waals surface area contributed by atoms with Crippen molar-refractivity contribution >= 4 is 5.97 Å². The number of carbonyl (C=O) groups excluding carboxylic acids is 1. The molecule has 1 saturated heterocycles. The van der Waals surface area contributed by atoms with Crippen LogP contribution in [0.1, 0.15) is 41.0 Å². The zero-order valence-electron chi connectivity index (χ0n) is 9.81. The minimum atomic E-state index is -0.391. The number of esters is 1. The number of rotatable bonds is 1. The molecular formula is C11H21NO2.